The maximum atomic E-state index is 11.4. The lowest BCUT2D eigenvalue weighted by Gasteiger charge is -2.48. The molecule has 1 heterocycles. The van der Waals surface area contributed by atoms with Crippen molar-refractivity contribution in [2.75, 3.05) is 0 Å². The smallest absolute Gasteiger partial charge is 0.470 e. The number of halogens is 1. The van der Waals surface area contributed by atoms with Crippen molar-refractivity contribution in [3.05, 3.63) is 30.6 Å². The number of phosphoric ester groups is 6. The Morgan fingerprint density at radius 2 is 0.547 bits per heavy atom. The normalized spacial score (nSPS) is 21.2. The molecule has 1 fully saturated rings. The number of unbranched alkanes of at least 4 members (excludes halogenated alkanes) is 13. The molecule has 0 spiro atoms. The molecule has 0 saturated heterocycles. The molecule has 0 aliphatic heterocycles. The monoisotopic (exact) mass is 1100 g/mol. The van der Waals surface area contributed by atoms with Gasteiger partial charge in [0.1, 0.15) is 43.2 Å². The Hall–Kier alpha value is 0.210. The number of hydrogen-bond donors (Lipinski definition) is 15. The van der Waals surface area contributed by atoms with Crippen LogP contribution in [0.25, 0.3) is 0 Å². The van der Waals surface area contributed by atoms with E-state index < -0.39 is 91.4 Å². The number of pyridine rings is 1. The first-order chi connectivity index (χ1) is 28.5. The summed E-state index contributed by atoms with van der Waals surface area (Å²) in [4.78, 5) is 131. The summed E-state index contributed by atoms with van der Waals surface area (Å²) < 4.78 is 104. The van der Waals surface area contributed by atoms with Crippen molar-refractivity contribution in [2.45, 2.75) is 140 Å². The largest absolute Gasteiger partial charge is 1.00 e. The van der Waals surface area contributed by atoms with E-state index in [4.69, 9.17) is 78.0 Å². The predicted octanol–water partition coefficient (Wildman–Crippen LogP) is -0.602. The molecule has 1 saturated carbocycles. The van der Waals surface area contributed by atoms with Crippen LogP contribution in [0.3, 0.4) is 0 Å². The molecule has 2 rings (SSSR count). The molecular weight excluding hydrogens is 1040 g/mol. The van der Waals surface area contributed by atoms with Gasteiger partial charge < -0.3 is 85.8 Å². The summed E-state index contributed by atoms with van der Waals surface area (Å²) >= 11 is 0. The van der Waals surface area contributed by atoms with E-state index in [1.54, 1.807) is 0 Å². The number of aromatic nitrogens is 1. The number of nitrogens with zero attached hydrogens (tertiary/aromatic N) is 1. The molecule has 37 heteroatoms. The summed E-state index contributed by atoms with van der Waals surface area (Å²) in [7, 11) is -40.7. The van der Waals surface area contributed by atoms with Gasteiger partial charge in [0.25, 0.3) is 0 Å². The van der Waals surface area contributed by atoms with Crippen molar-refractivity contribution in [1.29, 1.82) is 0 Å². The molecule has 29 nitrogen and oxygen atoms in total. The Bertz CT molecular complexity index is 1540. The number of phosphoric acid groups is 7. The first-order valence-corrected chi connectivity index (χ1v) is 29.4. The minimum Gasteiger partial charge on any atom is -1.00 e. The second kappa shape index (κ2) is 30.7. The Balaban J connectivity index is 0. The van der Waals surface area contributed by atoms with Crippen molar-refractivity contribution in [3.63, 3.8) is 0 Å². The first kappa shape index (κ1) is 66.3. The lowest BCUT2D eigenvalue weighted by molar-refractivity contribution is -0.697. The Morgan fingerprint density at radius 3 is 0.734 bits per heavy atom. The van der Waals surface area contributed by atoms with Crippen LogP contribution in [0.2, 0.25) is 0 Å². The highest BCUT2D eigenvalue weighted by atomic mass is 35.5. The molecule has 64 heavy (non-hydrogen) atoms. The summed E-state index contributed by atoms with van der Waals surface area (Å²) in [6, 6.07) is 6.31. The van der Waals surface area contributed by atoms with E-state index >= 15 is 0 Å². The maximum Gasteiger partial charge on any atom is 0.470 e. The molecule has 382 valence electrons. The van der Waals surface area contributed by atoms with E-state index in [-0.39, 0.29) is 12.4 Å². The van der Waals surface area contributed by atoms with Gasteiger partial charge in [0.15, 0.2) is 12.4 Å². The van der Waals surface area contributed by atoms with Crippen LogP contribution in [0, 0.1) is 0 Å². The second-order valence-electron chi connectivity index (χ2n) is 13.6. The average Bonchev–Trinajstić information content (AvgIpc) is 3.06. The summed E-state index contributed by atoms with van der Waals surface area (Å²) in [6.07, 6.45) is 5.56. The van der Waals surface area contributed by atoms with Crippen LogP contribution < -0.4 is 17.0 Å². The van der Waals surface area contributed by atoms with Crippen molar-refractivity contribution in [1.82, 2.24) is 0 Å². The lowest BCUT2D eigenvalue weighted by atomic mass is 9.85. The van der Waals surface area contributed by atoms with Gasteiger partial charge in [-0.3, -0.25) is 27.1 Å². The van der Waals surface area contributed by atoms with E-state index in [2.05, 4.69) is 69.2 Å². The molecule has 0 atom stereocenters. The van der Waals surface area contributed by atoms with Gasteiger partial charge in [0.05, 0.1) is 0 Å². The molecule has 0 amide bonds. The van der Waals surface area contributed by atoms with Crippen LogP contribution in [-0.2, 0) is 65.6 Å². The third kappa shape index (κ3) is 38.1. The van der Waals surface area contributed by atoms with E-state index in [0.717, 1.165) is 0 Å². The molecular formula is C27H59ClNO28P7. The van der Waals surface area contributed by atoms with Crippen molar-refractivity contribution >= 4 is 54.8 Å². The standard InChI is InChI=1S/C21H38N.C6H18O24P6.ClH.H3O4P/c1-2-3-4-5-6-7-8-9-10-11-12-13-14-16-19-22-20-17-15-18-21-22;7-31(8,9)25-1-2(26-32(10,11)12)4(28-34(16,17)18)6(30-36(22,23)24)5(29-35(19,20)21)3(1)27-33(13,14)15;;1-5(2,3)4/h15,17-18,20-21H,2-14,16,19H2,1H3;1-6H,(H2,7,8,9)(H2,10,11,12)(H2,13,14,15)(H2,16,17,18)(H2,19,20,21)(H2,22,23,24);1H;(H3,1,2,3,4)/q+1;;;/p-1. The van der Waals surface area contributed by atoms with Crippen LogP contribution in [0.1, 0.15) is 96.8 Å². The SMILES string of the molecule is CCCCCCCCCCCCCCCC[n+]1ccccc1.O=P(O)(O)O.O=P(O)(O)OC1C(OP(=O)(O)O)C(OP(=O)(O)O)C(OP(=O)(O)O)C(OP(=O)(O)O)C1OP(=O)(O)O.[Cl-]. The van der Waals surface area contributed by atoms with Gasteiger partial charge >= 0.3 is 54.8 Å². The molecule has 1 aliphatic carbocycles. The van der Waals surface area contributed by atoms with Crippen molar-refractivity contribution < 1.29 is 149 Å². The highest BCUT2D eigenvalue weighted by Gasteiger charge is 2.62. The molecule has 0 radical (unpaired) electrons. The third-order valence-electron chi connectivity index (χ3n) is 8.04. The van der Waals surface area contributed by atoms with Crippen LogP contribution in [0.15, 0.2) is 30.6 Å². The van der Waals surface area contributed by atoms with Gasteiger partial charge in [0, 0.05) is 18.6 Å². The highest BCUT2D eigenvalue weighted by Crippen LogP contribution is 2.57. The van der Waals surface area contributed by atoms with Gasteiger partial charge in [-0.2, -0.15) is 0 Å². The van der Waals surface area contributed by atoms with Crippen LogP contribution in [0.4, 0.5) is 0 Å². The van der Waals surface area contributed by atoms with Gasteiger partial charge in [0.2, 0.25) is 0 Å². The van der Waals surface area contributed by atoms with Crippen molar-refractivity contribution in [3.8, 4) is 0 Å². The van der Waals surface area contributed by atoms with Crippen molar-refractivity contribution in [2.24, 2.45) is 0 Å². The maximum absolute atomic E-state index is 11.4. The van der Waals surface area contributed by atoms with Gasteiger partial charge in [-0.1, -0.05) is 90.0 Å². The Morgan fingerprint density at radius 1 is 0.359 bits per heavy atom. The van der Waals surface area contributed by atoms with E-state index in [1.807, 2.05) is 0 Å². The third-order valence-corrected chi connectivity index (χ3v) is 11.2. The fourth-order valence-corrected chi connectivity index (χ4v) is 9.21. The lowest BCUT2D eigenvalue weighted by Crippen LogP contribution is -3.00. The summed E-state index contributed by atoms with van der Waals surface area (Å²) in [6.45, 7) is 3.47. The van der Waals surface area contributed by atoms with E-state index in [0.29, 0.717) is 0 Å². The van der Waals surface area contributed by atoms with E-state index in [1.165, 1.54) is 96.4 Å². The zero-order valence-electron chi connectivity index (χ0n) is 33.9. The fraction of sp³-hybridized carbons (Fsp3) is 0.815. The molecule has 0 aromatic carbocycles. The molecule has 15 N–H and O–H groups in total. The summed E-state index contributed by atoms with van der Waals surface area (Å²) in [5.74, 6) is 0. The summed E-state index contributed by atoms with van der Waals surface area (Å²) in [5.41, 5.74) is 0. The van der Waals surface area contributed by atoms with Crippen LogP contribution in [-0.4, -0.2) is 110 Å². The Kier molecular flexibility index (Phi) is 31.8. The van der Waals surface area contributed by atoms with Gasteiger partial charge in [-0.15, -0.1) is 0 Å². The predicted molar refractivity (Wildman–Crippen MR) is 213 cm³/mol. The fourth-order valence-electron chi connectivity index (χ4n) is 5.87. The summed E-state index contributed by atoms with van der Waals surface area (Å²) in [5, 5.41) is 0. The Labute approximate surface area is 373 Å². The quantitative estimate of drug-likeness (QED) is 0.0297. The number of hydrogen-bond acceptors (Lipinski definition) is 13. The second-order valence-corrected chi connectivity index (χ2v) is 21.8. The molecule has 1 aliphatic rings. The number of rotatable bonds is 27. The zero-order valence-corrected chi connectivity index (χ0v) is 40.9. The van der Waals surface area contributed by atoms with Gasteiger partial charge in [-0.05, 0) is 6.42 Å². The van der Waals surface area contributed by atoms with Crippen LogP contribution in [0.5, 0.6) is 0 Å². The first-order valence-electron chi connectivity index (χ1n) is 18.7. The molecule has 0 bridgehead atoms. The molecule has 1 aromatic rings. The average molecular weight is 1100 g/mol. The van der Waals surface area contributed by atoms with E-state index in [9.17, 15) is 27.4 Å². The van der Waals surface area contributed by atoms with Gasteiger partial charge in [-0.25, -0.2) is 36.5 Å². The molecule has 1 aromatic heterocycles. The zero-order chi connectivity index (χ0) is 48.9. The molecule has 0 unspecified atom stereocenters. The number of aryl methyl sites for hydroxylation is 1. The minimum atomic E-state index is -6.02. The highest BCUT2D eigenvalue weighted by molar-refractivity contribution is 7.48. The topological polar surface area (TPSA) is 482 Å². The minimum absolute atomic E-state index is 0. The van der Waals surface area contributed by atoms with Crippen LogP contribution >= 0.6 is 54.8 Å².